The number of rotatable bonds is 5. The predicted molar refractivity (Wildman–Crippen MR) is 73.2 cm³/mol. The Kier molecular flexibility index (Phi) is 3.83. The van der Waals surface area contributed by atoms with Gasteiger partial charge in [-0.3, -0.25) is 14.2 Å². The molecule has 2 aromatic heterocycles. The average molecular weight is 260 g/mol. The highest BCUT2D eigenvalue weighted by Crippen LogP contribution is 2.15. The number of hydrogen-bond donors (Lipinski definition) is 0. The van der Waals surface area contributed by atoms with Crippen molar-refractivity contribution in [3.63, 3.8) is 0 Å². The van der Waals surface area contributed by atoms with Crippen LogP contribution in [0, 0.1) is 13.8 Å². The van der Waals surface area contributed by atoms with Gasteiger partial charge in [0.05, 0.1) is 17.5 Å². The molecule has 19 heavy (non-hydrogen) atoms. The second kappa shape index (κ2) is 5.38. The second-order valence-corrected chi connectivity index (χ2v) is 4.78. The molecule has 0 N–H and O–H groups in total. The SMILES string of the molecule is CCn1cc(C(=O)CCc2c(C)nn(C)c2C)cn1. The summed E-state index contributed by atoms with van der Waals surface area (Å²) in [4.78, 5) is 12.1. The molecule has 0 amide bonds. The van der Waals surface area contributed by atoms with Gasteiger partial charge in [-0.05, 0) is 32.8 Å². The van der Waals surface area contributed by atoms with Crippen LogP contribution in [0.4, 0.5) is 0 Å². The smallest absolute Gasteiger partial charge is 0.166 e. The molecule has 0 unspecified atom stereocenters. The third-order valence-electron chi connectivity index (χ3n) is 3.54. The van der Waals surface area contributed by atoms with Crippen LogP contribution in [0.1, 0.15) is 40.7 Å². The lowest BCUT2D eigenvalue weighted by Gasteiger charge is -2.01. The maximum atomic E-state index is 12.1. The average Bonchev–Trinajstić information content (AvgIpc) is 2.94. The Morgan fingerprint density at radius 3 is 2.63 bits per heavy atom. The van der Waals surface area contributed by atoms with E-state index in [1.807, 2.05) is 38.7 Å². The summed E-state index contributed by atoms with van der Waals surface area (Å²) in [5, 5.41) is 8.50. The monoisotopic (exact) mass is 260 g/mol. The van der Waals surface area contributed by atoms with Crippen LogP contribution in [0.15, 0.2) is 12.4 Å². The summed E-state index contributed by atoms with van der Waals surface area (Å²) in [6, 6.07) is 0. The van der Waals surface area contributed by atoms with Crippen LogP contribution in [0.2, 0.25) is 0 Å². The summed E-state index contributed by atoms with van der Waals surface area (Å²) in [5.74, 6) is 0.141. The highest BCUT2D eigenvalue weighted by Gasteiger charge is 2.13. The molecule has 0 aromatic carbocycles. The van der Waals surface area contributed by atoms with E-state index in [1.165, 1.54) is 5.56 Å². The Balaban J connectivity index is 2.04. The zero-order valence-electron chi connectivity index (χ0n) is 12.0. The van der Waals surface area contributed by atoms with E-state index in [2.05, 4.69) is 10.2 Å². The summed E-state index contributed by atoms with van der Waals surface area (Å²) in [6.07, 6.45) is 4.70. The molecule has 0 aliphatic rings. The van der Waals surface area contributed by atoms with Gasteiger partial charge < -0.3 is 0 Å². The van der Waals surface area contributed by atoms with Crippen molar-refractivity contribution in [1.29, 1.82) is 0 Å². The number of Topliss-reactive ketones (excluding diaryl/α,β-unsaturated/α-hetero) is 1. The van der Waals surface area contributed by atoms with Gasteiger partial charge in [0.2, 0.25) is 0 Å². The largest absolute Gasteiger partial charge is 0.294 e. The van der Waals surface area contributed by atoms with Crippen molar-refractivity contribution in [1.82, 2.24) is 19.6 Å². The van der Waals surface area contributed by atoms with Crippen LogP contribution in [-0.4, -0.2) is 25.3 Å². The van der Waals surface area contributed by atoms with Gasteiger partial charge in [0.15, 0.2) is 5.78 Å². The van der Waals surface area contributed by atoms with Crippen LogP contribution in [-0.2, 0) is 20.0 Å². The maximum absolute atomic E-state index is 12.1. The molecule has 2 rings (SSSR count). The fourth-order valence-electron chi connectivity index (χ4n) is 2.24. The molecule has 0 spiro atoms. The lowest BCUT2D eigenvalue weighted by molar-refractivity contribution is 0.0982. The first-order chi connectivity index (χ1) is 9.02. The van der Waals surface area contributed by atoms with E-state index in [-0.39, 0.29) is 5.78 Å². The highest BCUT2D eigenvalue weighted by molar-refractivity contribution is 5.95. The van der Waals surface area contributed by atoms with E-state index in [1.54, 1.807) is 10.9 Å². The predicted octanol–water partition coefficient (Wildman–Crippen LogP) is 2.07. The molecule has 0 saturated carbocycles. The van der Waals surface area contributed by atoms with Crippen LogP contribution in [0.5, 0.6) is 0 Å². The van der Waals surface area contributed by atoms with E-state index in [0.717, 1.165) is 24.4 Å². The van der Waals surface area contributed by atoms with Crippen molar-refractivity contribution >= 4 is 5.78 Å². The number of ketones is 1. The molecule has 0 saturated heterocycles. The third kappa shape index (κ3) is 2.75. The Morgan fingerprint density at radius 1 is 1.37 bits per heavy atom. The summed E-state index contributed by atoms with van der Waals surface area (Å²) in [5.41, 5.74) is 4.02. The number of aromatic nitrogens is 4. The first kappa shape index (κ1) is 13.5. The van der Waals surface area contributed by atoms with Gasteiger partial charge in [0.1, 0.15) is 0 Å². The molecular formula is C14H20N4O. The molecule has 0 aliphatic carbocycles. The zero-order chi connectivity index (χ0) is 14.0. The van der Waals surface area contributed by atoms with Crippen molar-refractivity contribution in [2.45, 2.75) is 40.2 Å². The van der Waals surface area contributed by atoms with Gasteiger partial charge in [-0.2, -0.15) is 10.2 Å². The molecular weight excluding hydrogens is 240 g/mol. The van der Waals surface area contributed by atoms with Gasteiger partial charge in [-0.25, -0.2) is 0 Å². The van der Waals surface area contributed by atoms with Crippen molar-refractivity contribution in [3.8, 4) is 0 Å². The van der Waals surface area contributed by atoms with E-state index >= 15 is 0 Å². The lowest BCUT2D eigenvalue weighted by atomic mass is 10.0. The van der Waals surface area contributed by atoms with Crippen LogP contribution < -0.4 is 0 Å². The summed E-state index contributed by atoms with van der Waals surface area (Å²) in [7, 11) is 1.93. The minimum absolute atomic E-state index is 0.141. The molecule has 2 aromatic rings. The number of carbonyl (C=O) groups excluding carboxylic acids is 1. The molecule has 0 radical (unpaired) electrons. The van der Waals surface area contributed by atoms with Crippen molar-refractivity contribution in [2.75, 3.05) is 0 Å². The highest BCUT2D eigenvalue weighted by atomic mass is 16.1. The molecule has 5 nitrogen and oxygen atoms in total. The van der Waals surface area contributed by atoms with E-state index in [4.69, 9.17) is 0 Å². The van der Waals surface area contributed by atoms with Gasteiger partial charge in [-0.1, -0.05) is 0 Å². The van der Waals surface area contributed by atoms with Crippen molar-refractivity contribution in [3.05, 3.63) is 34.9 Å². The standard InChI is InChI=1S/C14H20N4O/c1-5-18-9-12(8-15-18)14(19)7-6-13-10(2)16-17(4)11(13)3/h8-9H,5-7H2,1-4H3. The van der Waals surface area contributed by atoms with E-state index in [9.17, 15) is 4.79 Å². The van der Waals surface area contributed by atoms with Gasteiger partial charge in [0.25, 0.3) is 0 Å². The van der Waals surface area contributed by atoms with Gasteiger partial charge >= 0.3 is 0 Å². The second-order valence-electron chi connectivity index (χ2n) is 4.78. The number of aryl methyl sites for hydroxylation is 3. The molecule has 2 heterocycles. The molecule has 0 aliphatic heterocycles. The minimum atomic E-state index is 0.141. The Labute approximate surface area is 113 Å². The quantitative estimate of drug-likeness (QED) is 0.773. The van der Waals surface area contributed by atoms with Gasteiger partial charge in [0, 0.05) is 31.9 Å². The van der Waals surface area contributed by atoms with Crippen LogP contribution in [0.25, 0.3) is 0 Å². The zero-order valence-corrected chi connectivity index (χ0v) is 12.0. The normalized spacial score (nSPS) is 10.9. The molecule has 0 atom stereocenters. The minimum Gasteiger partial charge on any atom is -0.294 e. The Morgan fingerprint density at radius 2 is 2.11 bits per heavy atom. The summed E-state index contributed by atoms with van der Waals surface area (Å²) < 4.78 is 3.64. The number of carbonyl (C=O) groups is 1. The maximum Gasteiger partial charge on any atom is 0.166 e. The van der Waals surface area contributed by atoms with Crippen LogP contribution in [0.3, 0.4) is 0 Å². The third-order valence-corrected chi connectivity index (χ3v) is 3.54. The Hall–Kier alpha value is -1.91. The van der Waals surface area contributed by atoms with Gasteiger partial charge in [-0.15, -0.1) is 0 Å². The van der Waals surface area contributed by atoms with Crippen LogP contribution >= 0.6 is 0 Å². The van der Waals surface area contributed by atoms with Crippen molar-refractivity contribution < 1.29 is 4.79 Å². The first-order valence-electron chi connectivity index (χ1n) is 6.57. The number of nitrogens with zero attached hydrogens (tertiary/aromatic N) is 4. The summed E-state index contributed by atoms with van der Waals surface area (Å²) >= 11 is 0. The first-order valence-corrected chi connectivity index (χ1v) is 6.57. The van der Waals surface area contributed by atoms with Crippen molar-refractivity contribution in [2.24, 2.45) is 7.05 Å². The molecule has 102 valence electrons. The summed E-state index contributed by atoms with van der Waals surface area (Å²) in [6.45, 7) is 6.81. The molecule has 0 fully saturated rings. The van der Waals surface area contributed by atoms with E-state index in [0.29, 0.717) is 12.0 Å². The topological polar surface area (TPSA) is 52.7 Å². The Bertz CT molecular complexity index is 595. The van der Waals surface area contributed by atoms with E-state index < -0.39 is 0 Å². The lowest BCUT2D eigenvalue weighted by Crippen LogP contribution is -2.02. The fourth-order valence-corrected chi connectivity index (χ4v) is 2.24. The fraction of sp³-hybridized carbons (Fsp3) is 0.500. The molecule has 5 heteroatoms. The number of hydrogen-bond acceptors (Lipinski definition) is 3. The molecule has 0 bridgehead atoms.